The minimum atomic E-state index is 0.427. The normalized spacial score (nSPS) is 16.0. The molecule has 0 aliphatic carbocycles. The first kappa shape index (κ1) is 16.5. The van der Waals surface area contributed by atoms with Gasteiger partial charge in [-0.05, 0) is 52.1 Å². The quantitative estimate of drug-likeness (QED) is 0.626. The molecule has 0 bridgehead atoms. The van der Waals surface area contributed by atoms with Crippen LogP contribution in [0, 0.1) is 0 Å². The number of allylic oxidation sites excluding steroid dienone is 5. The summed E-state index contributed by atoms with van der Waals surface area (Å²) in [6, 6.07) is 0. The molecular weight excluding hydrogens is 270 g/mol. The molecule has 0 saturated carbocycles. The minimum absolute atomic E-state index is 0.427. The smallest absolute Gasteiger partial charge is 0.0819 e. The highest BCUT2D eigenvalue weighted by Gasteiger charge is 2.17. The van der Waals surface area contributed by atoms with Gasteiger partial charge in [-0.2, -0.15) is 0 Å². The second kappa shape index (κ2) is 7.27. The molecule has 3 nitrogen and oxygen atoms in total. The third-order valence-corrected chi connectivity index (χ3v) is 3.20. The van der Waals surface area contributed by atoms with Crippen LogP contribution in [0.4, 0.5) is 0 Å². The van der Waals surface area contributed by atoms with E-state index < -0.39 is 0 Å². The number of nitrogens with two attached hydrogens (primary N) is 1. The van der Waals surface area contributed by atoms with Crippen LogP contribution in [-0.2, 0) is 0 Å². The highest BCUT2D eigenvalue weighted by atomic mass is 35.5. The Hall–Kier alpha value is -1.58. The Kier molecular flexibility index (Phi) is 5.99. The van der Waals surface area contributed by atoms with E-state index in [9.17, 15) is 0 Å². The topological polar surface area (TPSA) is 41.6 Å². The van der Waals surface area contributed by atoms with Gasteiger partial charge in [-0.25, -0.2) is 0 Å². The molecular formula is C16H22ClN3. The van der Waals surface area contributed by atoms with Crippen molar-refractivity contribution in [2.24, 2.45) is 10.7 Å². The monoisotopic (exact) mass is 291 g/mol. The van der Waals surface area contributed by atoms with Crippen LogP contribution in [0.15, 0.2) is 62.7 Å². The summed E-state index contributed by atoms with van der Waals surface area (Å²) in [5, 5.41) is 0.670. The van der Waals surface area contributed by atoms with Crippen molar-refractivity contribution in [1.29, 1.82) is 0 Å². The molecule has 0 unspecified atom stereocenters. The van der Waals surface area contributed by atoms with E-state index in [1.165, 1.54) is 0 Å². The summed E-state index contributed by atoms with van der Waals surface area (Å²) in [5.74, 6) is 0. The van der Waals surface area contributed by atoms with Crippen LogP contribution in [0.5, 0.6) is 0 Å². The summed E-state index contributed by atoms with van der Waals surface area (Å²) in [7, 11) is 0. The van der Waals surface area contributed by atoms with Gasteiger partial charge in [0.25, 0.3) is 0 Å². The summed E-state index contributed by atoms with van der Waals surface area (Å²) in [5.41, 5.74) is 10.7. The van der Waals surface area contributed by atoms with Crippen molar-refractivity contribution in [2.45, 2.75) is 27.7 Å². The largest absolute Gasteiger partial charge is 0.326 e. The summed E-state index contributed by atoms with van der Waals surface area (Å²) >= 11 is 6.18. The van der Waals surface area contributed by atoms with Crippen molar-refractivity contribution >= 4 is 18.3 Å². The van der Waals surface area contributed by atoms with Gasteiger partial charge < -0.3 is 10.6 Å². The number of halogens is 1. The SMILES string of the molecule is C=N/C(=C\C)C(=C(C)C)N1C=C(CN)C=C(Cl)C=C1C. The van der Waals surface area contributed by atoms with Gasteiger partial charge in [-0.1, -0.05) is 23.3 Å². The molecule has 0 aromatic rings. The molecule has 0 spiro atoms. The van der Waals surface area contributed by atoms with Gasteiger partial charge in [-0.3, -0.25) is 4.99 Å². The fraction of sp³-hybridized carbons (Fsp3) is 0.312. The van der Waals surface area contributed by atoms with Gasteiger partial charge in [0.2, 0.25) is 0 Å². The maximum Gasteiger partial charge on any atom is 0.0819 e. The molecule has 0 aromatic carbocycles. The van der Waals surface area contributed by atoms with Crippen molar-refractivity contribution in [3.05, 3.63) is 57.7 Å². The zero-order valence-corrected chi connectivity index (χ0v) is 13.3. The summed E-state index contributed by atoms with van der Waals surface area (Å²) in [6.07, 6.45) is 7.74. The second-order valence-electron chi connectivity index (χ2n) is 4.77. The second-order valence-corrected chi connectivity index (χ2v) is 5.21. The van der Waals surface area contributed by atoms with Crippen LogP contribution in [0.2, 0.25) is 0 Å². The fourth-order valence-electron chi connectivity index (χ4n) is 2.07. The van der Waals surface area contributed by atoms with Gasteiger partial charge in [0.1, 0.15) is 0 Å². The fourth-order valence-corrected chi connectivity index (χ4v) is 2.37. The molecule has 1 aliphatic heterocycles. The van der Waals surface area contributed by atoms with E-state index in [1.54, 1.807) is 0 Å². The highest BCUT2D eigenvalue weighted by Crippen LogP contribution is 2.29. The zero-order chi connectivity index (χ0) is 15.3. The molecule has 108 valence electrons. The van der Waals surface area contributed by atoms with Crippen LogP contribution in [0.1, 0.15) is 27.7 Å². The molecule has 2 N–H and O–H groups in total. The van der Waals surface area contributed by atoms with Crippen molar-refractivity contribution in [3.8, 4) is 0 Å². The maximum atomic E-state index is 6.18. The van der Waals surface area contributed by atoms with Gasteiger partial charge >= 0.3 is 0 Å². The molecule has 20 heavy (non-hydrogen) atoms. The van der Waals surface area contributed by atoms with Crippen LogP contribution in [0.3, 0.4) is 0 Å². The van der Waals surface area contributed by atoms with Crippen LogP contribution in [-0.4, -0.2) is 18.2 Å². The number of hydrogen-bond acceptors (Lipinski definition) is 3. The lowest BCUT2D eigenvalue weighted by molar-refractivity contribution is 0.571. The lowest BCUT2D eigenvalue weighted by Crippen LogP contribution is -2.18. The molecule has 0 radical (unpaired) electrons. The number of rotatable bonds is 4. The first-order chi connectivity index (χ1) is 9.44. The standard InChI is InChI=1S/C16H22ClN3/c1-6-15(19-5)16(11(2)3)20-10-13(9-18)8-14(17)7-12(20)4/h6-8,10H,5,9,18H2,1-4H3/b15-6-. The average molecular weight is 292 g/mol. The van der Waals surface area contributed by atoms with Crippen LogP contribution >= 0.6 is 11.6 Å². The van der Waals surface area contributed by atoms with E-state index in [0.29, 0.717) is 11.6 Å². The Labute approximate surface area is 126 Å². The molecule has 1 rings (SSSR count). The Morgan fingerprint density at radius 3 is 2.55 bits per heavy atom. The number of nitrogens with zero attached hydrogens (tertiary/aromatic N) is 2. The Bertz CT molecular complexity index is 544. The van der Waals surface area contributed by atoms with E-state index in [4.69, 9.17) is 17.3 Å². The third-order valence-electron chi connectivity index (χ3n) is 2.98. The molecule has 0 saturated heterocycles. The van der Waals surface area contributed by atoms with E-state index in [2.05, 4.69) is 16.6 Å². The van der Waals surface area contributed by atoms with Gasteiger partial charge in [-0.15, -0.1) is 0 Å². The molecule has 0 amide bonds. The minimum Gasteiger partial charge on any atom is -0.326 e. The molecule has 0 atom stereocenters. The molecule has 1 aliphatic rings. The van der Waals surface area contributed by atoms with Crippen LogP contribution < -0.4 is 5.73 Å². The van der Waals surface area contributed by atoms with Crippen molar-refractivity contribution in [1.82, 2.24) is 4.90 Å². The lowest BCUT2D eigenvalue weighted by Gasteiger charge is -2.26. The van der Waals surface area contributed by atoms with Gasteiger partial charge in [0.05, 0.1) is 11.4 Å². The van der Waals surface area contributed by atoms with Crippen molar-refractivity contribution in [2.75, 3.05) is 6.54 Å². The molecule has 4 heteroatoms. The zero-order valence-electron chi connectivity index (χ0n) is 12.6. The van der Waals surface area contributed by atoms with E-state index in [1.807, 2.05) is 52.1 Å². The van der Waals surface area contributed by atoms with Crippen LogP contribution in [0.25, 0.3) is 0 Å². The van der Waals surface area contributed by atoms with E-state index >= 15 is 0 Å². The first-order valence-corrected chi connectivity index (χ1v) is 6.88. The van der Waals surface area contributed by atoms with E-state index in [-0.39, 0.29) is 0 Å². The average Bonchev–Trinajstić information content (AvgIpc) is 2.53. The summed E-state index contributed by atoms with van der Waals surface area (Å²) in [4.78, 5) is 6.18. The predicted molar refractivity (Wildman–Crippen MR) is 88.3 cm³/mol. The van der Waals surface area contributed by atoms with Crippen molar-refractivity contribution < 1.29 is 0 Å². The summed E-state index contributed by atoms with van der Waals surface area (Å²) < 4.78 is 0. The Morgan fingerprint density at radius 1 is 1.45 bits per heavy atom. The molecule has 0 fully saturated rings. The van der Waals surface area contributed by atoms with Gasteiger partial charge in [0, 0.05) is 23.5 Å². The Balaban J connectivity index is 3.45. The molecule has 1 heterocycles. The predicted octanol–water partition coefficient (Wildman–Crippen LogP) is 4.07. The maximum absolute atomic E-state index is 6.18. The summed E-state index contributed by atoms with van der Waals surface area (Å²) in [6.45, 7) is 12.1. The van der Waals surface area contributed by atoms with Gasteiger partial charge in [0.15, 0.2) is 0 Å². The molecule has 0 aromatic heterocycles. The number of hydrogen-bond donors (Lipinski definition) is 1. The lowest BCUT2D eigenvalue weighted by atomic mass is 10.1. The third kappa shape index (κ3) is 3.71. The van der Waals surface area contributed by atoms with E-state index in [0.717, 1.165) is 28.2 Å². The first-order valence-electron chi connectivity index (χ1n) is 6.51. The van der Waals surface area contributed by atoms with Crippen molar-refractivity contribution in [3.63, 3.8) is 0 Å². The Morgan fingerprint density at radius 2 is 2.10 bits per heavy atom. The highest BCUT2D eigenvalue weighted by molar-refractivity contribution is 6.31. The number of aliphatic imine (C=N–C) groups is 1.